The Kier molecular flexibility index (Phi) is 5.93. The van der Waals surface area contributed by atoms with Gasteiger partial charge in [-0.05, 0) is 54.3 Å². The third kappa shape index (κ3) is 4.98. The van der Waals surface area contributed by atoms with E-state index in [4.69, 9.17) is 10.5 Å². The Bertz CT molecular complexity index is 948. The highest BCUT2D eigenvalue weighted by molar-refractivity contribution is 7.98. The van der Waals surface area contributed by atoms with Crippen LogP contribution in [0.1, 0.15) is 15.9 Å². The molecule has 1 aromatic heterocycles. The summed E-state index contributed by atoms with van der Waals surface area (Å²) in [6.07, 6.45) is 2.01. The SMILES string of the molecule is CSc1cccc(Oc2ccc(CNC(=O)c3ccc(F)nc3N)cc2)c1. The summed E-state index contributed by atoms with van der Waals surface area (Å²) in [6, 6.07) is 17.6. The highest BCUT2D eigenvalue weighted by Crippen LogP contribution is 2.25. The molecule has 138 valence electrons. The molecule has 0 saturated heterocycles. The highest BCUT2D eigenvalue weighted by Gasteiger charge is 2.11. The molecule has 3 N–H and O–H groups in total. The average Bonchev–Trinajstić information content (AvgIpc) is 2.67. The summed E-state index contributed by atoms with van der Waals surface area (Å²) in [6.45, 7) is 0.303. The van der Waals surface area contributed by atoms with Crippen molar-refractivity contribution in [1.29, 1.82) is 0 Å². The average molecular weight is 383 g/mol. The number of nitrogens with one attached hydrogen (secondary N) is 1. The third-order valence-corrected chi connectivity index (χ3v) is 4.51. The zero-order valence-electron chi connectivity index (χ0n) is 14.6. The van der Waals surface area contributed by atoms with Crippen LogP contribution in [0.2, 0.25) is 0 Å². The Morgan fingerprint density at radius 2 is 1.93 bits per heavy atom. The smallest absolute Gasteiger partial charge is 0.255 e. The molecule has 0 saturated carbocycles. The van der Waals surface area contributed by atoms with Gasteiger partial charge in [-0.3, -0.25) is 4.79 Å². The molecule has 0 aliphatic carbocycles. The predicted octanol–water partition coefficient (Wildman–Crippen LogP) is 4.25. The van der Waals surface area contributed by atoms with Crippen molar-refractivity contribution in [2.75, 3.05) is 12.0 Å². The number of rotatable bonds is 6. The van der Waals surface area contributed by atoms with Crippen LogP contribution in [-0.2, 0) is 6.54 Å². The first-order valence-corrected chi connectivity index (χ1v) is 9.38. The van der Waals surface area contributed by atoms with E-state index >= 15 is 0 Å². The van der Waals surface area contributed by atoms with Crippen molar-refractivity contribution >= 4 is 23.5 Å². The third-order valence-electron chi connectivity index (χ3n) is 3.79. The van der Waals surface area contributed by atoms with Crippen molar-refractivity contribution in [3.05, 3.63) is 77.7 Å². The normalized spacial score (nSPS) is 10.4. The first-order valence-electron chi connectivity index (χ1n) is 8.16. The first kappa shape index (κ1) is 18.7. The maximum absolute atomic E-state index is 13.0. The first-order chi connectivity index (χ1) is 13.0. The molecule has 7 heteroatoms. The number of thioether (sulfide) groups is 1. The number of hydrogen-bond acceptors (Lipinski definition) is 5. The van der Waals surface area contributed by atoms with Gasteiger partial charge in [-0.25, -0.2) is 4.98 Å². The van der Waals surface area contributed by atoms with E-state index in [-0.39, 0.29) is 11.4 Å². The molecule has 3 rings (SSSR count). The minimum Gasteiger partial charge on any atom is -0.457 e. The van der Waals surface area contributed by atoms with Crippen molar-refractivity contribution in [1.82, 2.24) is 10.3 Å². The molecule has 0 atom stereocenters. The van der Waals surface area contributed by atoms with Gasteiger partial charge in [0.05, 0.1) is 5.56 Å². The van der Waals surface area contributed by atoms with Crippen LogP contribution in [0.25, 0.3) is 0 Å². The fraction of sp³-hybridized carbons (Fsp3) is 0.100. The van der Waals surface area contributed by atoms with Crippen LogP contribution in [0.15, 0.2) is 65.6 Å². The van der Waals surface area contributed by atoms with Gasteiger partial charge < -0.3 is 15.8 Å². The Labute approximate surface area is 160 Å². The fourth-order valence-electron chi connectivity index (χ4n) is 2.40. The highest BCUT2D eigenvalue weighted by atomic mass is 32.2. The topological polar surface area (TPSA) is 77.2 Å². The lowest BCUT2D eigenvalue weighted by molar-refractivity contribution is 0.0951. The van der Waals surface area contributed by atoms with E-state index in [2.05, 4.69) is 10.3 Å². The minimum absolute atomic E-state index is 0.135. The number of hydrogen-bond donors (Lipinski definition) is 2. The number of nitrogens with zero attached hydrogens (tertiary/aromatic N) is 1. The summed E-state index contributed by atoms with van der Waals surface area (Å²) in [7, 11) is 0. The summed E-state index contributed by atoms with van der Waals surface area (Å²) in [4.78, 5) is 16.7. The lowest BCUT2D eigenvalue weighted by Gasteiger charge is -2.09. The van der Waals surface area contributed by atoms with Gasteiger partial charge in [0, 0.05) is 11.4 Å². The molecule has 0 spiro atoms. The molecule has 2 aromatic carbocycles. The van der Waals surface area contributed by atoms with E-state index in [0.717, 1.165) is 22.3 Å². The van der Waals surface area contributed by atoms with E-state index in [1.165, 1.54) is 6.07 Å². The fourth-order valence-corrected chi connectivity index (χ4v) is 2.84. The summed E-state index contributed by atoms with van der Waals surface area (Å²) < 4.78 is 18.8. The molecule has 27 heavy (non-hydrogen) atoms. The number of benzene rings is 2. The van der Waals surface area contributed by atoms with Crippen molar-refractivity contribution in [2.45, 2.75) is 11.4 Å². The van der Waals surface area contributed by atoms with E-state index < -0.39 is 11.9 Å². The molecular formula is C20H18FN3O2S. The van der Waals surface area contributed by atoms with Gasteiger partial charge in [-0.1, -0.05) is 18.2 Å². The number of carbonyl (C=O) groups is 1. The number of nitrogens with two attached hydrogens (primary N) is 1. The molecule has 1 heterocycles. The number of anilines is 1. The second-order valence-electron chi connectivity index (χ2n) is 5.67. The summed E-state index contributed by atoms with van der Waals surface area (Å²) in [5, 5.41) is 2.73. The largest absolute Gasteiger partial charge is 0.457 e. The Hall–Kier alpha value is -3.06. The van der Waals surface area contributed by atoms with Gasteiger partial charge in [0.1, 0.15) is 17.3 Å². The van der Waals surface area contributed by atoms with Crippen LogP contribution in [0.4, 0.5) is 10.2 Å². The van der Waals surface area contributed by atoms with E-state index in [9.17, 15) is 9.18 Å². The van der Waals surface area contributed by atoms with Crippen LogP contribution in [0, 0.1) is 5.95 Å². The monoisotopic (exact) mass is 383 g/mol. The number of ether oxygens (including phenoxy) is 1. The number of halogens is 1. The Balaban J connectivity index is 1.59. The number of carbonyl (C=O) groups excluding carboxylic acids is 1. The molecule has 0 fully saturated rings. The van der Waals surface area contributed by atoms with Crippen LogP contribution in [0.3, 0.4) is 0 Å². The Morgan fingerprint density at radius 1 is 1.15 bits per heavy atom. The molecule has 3 aromatic rings. The zero-order valence-corrected chi connectivity index (χ0v) is 15.4. The standard InChI is InChI=1S/C20H18FN3O2S/c1-27-16-4-2-3-15(11-16)26-14-7-5-13(6-8-14)12-23-20(25)17-9-10-18(21)24-19(17)22/h2-11H,12H2,1H3,(H2,22,24)(H,23,25). The van der Waals surface area contributed by atoms with E-state index in [1.54, 1.807) is 11.8 Å². The summed E-state index contributed by atoms with van der Waals surface area (Å²) in [5.41, 5.74) is 6.61. The summed E-state index contributed by atoms with van der Waals surface area (Å²) in [5.74, 6) is 0.207. The van der Waals surface area contributed by atoms with Crippen LogP contribution >= 0.6 is 11.8 Å². The van der Waals surface area contributed by atoms with E-state index in [1.807, 2.05) is 54.8 Å². The number of nitrogen functional groups attached to an aromatic ring is 1. The molecule has 0 radical (unpaired) electrons. The number of amides is 1. The zero-order chi connectivity index (χ0) is 19.2. The van der Waals surface area contributed by atoms with Crippen molar-refractivity contribution in [2.24, 2.45) is 0 Å². The second kappa shape index (κ2) is 8.55. The molecule has 0 bridgehead atoms. The minimum atomic E-state index is -0.720. The summed E-state index contributed by atoms with van der Waals surface area (Å²) >= 11 is 1.65. The molecule has 5 nitrogen and oxygen atoms in total. The lowest BCUT2D eigenvalue weighted by atomic mass is 10.2. The number of aromatic nitrogens is 1. The molecule has 0 aliphatic heterocycles. The molecular weight excluding hydrogens is 365 g/mol. The van der Waals surface area contributed by atoms with Gasteiger partial charge in [0.15, 0.2) is 0 Å². The van der Waals surface area contributed by atoms with Crippen LogP contribution in [0.5, 0.6) is 11.5 Å². The second-order valence-corrected chi connectivity index (χ2v) is 6.55. The molecule has 0 unspecified atom stereocenters. The Morgan fingerprint density at radius 3 is 2.63 bits per heavy atom. The van der Waals surface area contributed by atoms with Gasteiger partial charge in [0.25, 0.3) is 5.91 Å². The van der Waals surface area contributed by atoms with Gasteiger partial charge >= 0.3 is 0 Å². The molecule has 0 aliphatic rings. The van der Waals surface area contributed by atoms with Crippen molar-refractivity contribution in [3.63, 3.8) is 0 Å². The number of pyridine rings is 1. The lowest BCUT2D eigenvalue weighted by Crippen LogP contribution is -2.24. The van der Waals surface area contributed by atoms with E-state index in [0.29, 0.717) is 12.3 Å². The van der Waals surface area contributed by atoms with Crippen LogP contribution < -0.4 is 15.8 Å². The predicted molar refractivity (Wildman–Crippen MR) is 105 cm³/mol. The maximum atomic E-state index is 13.0. The van der Waals surface area contributed by atoms with Gasteiger partial charge in [-0.2, -0.15) is 4.39 Å². The van der Waals surface area contributed by atoms with Crippen molar-refractivity contribution < 1.29 is 13.9 Å². The maximum Gasteiger partial charge on any atom is 0.255 e. The van der Waals surface area contributed by atoms with Crippen LogP contribution in [-0.4, -0.2) is 17.1 Å². The van der Waals surface area contributed by atoms with Crippen molar-refractivity contribution in [3.8, 4) is 11.5 Å². The molecule has 1 amide bonds. The van der Waals surface area contributed by atoms with Gasteiger partial charge in [0.2, 0.25) is 5.95 Å². The van der Waals surface area contributed by atoms with Gasteiger partial charge in [-0.15, -0.1) is 11.8 Å². The quantitative estimate of drug-likeness (QED) is 0.492.